The average molecular weight is 448 g/mol. The van der Waals surface area contributed by atoms with Crippen molar-refractivity contribution in [3.63, 3.8) is 0 Å². The minimum atomic E-state index is -0.0558. The van der Waals surface area contributed by atoms with Crippen LogP contribution in [0.1, 0.15) is 29.0 Å². The van der Waals surface area contributed by atoms with Gasteiger partial charge in [-0.05, 0) is 29.2 Å². The predicted octanol–water partition coefficient (Wildman–Crippen LogP) is 4.36. The van der Waals surface area contributed by atoms with Crippen molar-refractivity contribution in [3.05, 3.63) is 107 Å². The van der Waals surface area contributed by atoms with Crippen molar-refractivity contribution >= 4 is 17.5 Å². The molecule has 2 atom stereocenters. The van der Waals surface area contributed by atoms with Gasteiger partial charge in [-0.15, -0.1) is 0 Å². The fourth-order valence-corrected chi connectivity index (χ4v) is 4.54. The standard InChI is InChI=1S/C27H30ClN3O/c28-26-14-8-7-13-22(26)17-30-24-15-23(16-29-18-24)27(32)31-19-25(20-9-3-1-4-10-20)21-11-5-2-6-12-21/h1-14,23-25,29-30H,15-19H2,(H,31,32). The number of rotatable bonds is 8. The summed E-state index contributed by atoms with van der Waals surface area (Å²) in [6, 6.07) is 28.8. The molecule has 1 saturated heterocycles. The van der Waals surface area contributed by atoms with Gasteiger partial charge in [-0.2, -0.15) is 0 Å². The summed E-state index contributed by atoms with van der Waals surface area (Å²) in [6.07, 6.45) is 0.810. The van der Waals surface area contributed by atoms with E-state index in [1.54, 1.807) is 0 Å². The molecule has 2 unspecified atom stereocenters. The van der Waals surface area contributed by atoms with Gasteiger partial charge in [-0.25, -0.2) is 0 Å². The van der Waals surface area contributed by atoms with Gasteiger partial charge in [0.05, 0.1) is 5.92 Å². The molecule has 0 spiro atoms. The van der Waals surface area contributed by atoms with Crippen LogP contribution in [0, 0.1) is 5.92 Å². The van der Waals surface area contributed by atoms with Crippen LogP contribution in [0.4, 0.5) is 0 Å². The lowest BCUT2D eigenvalue weighted by molar-refractivity contribution is -0.125. The molecule has 4 rings (SSSR count). The summed E-state index contributed by atoms with van der Waals surface area (Å²) < 4.78 is 0. The van der Waals surface area contributed by atoms with Gasteiger partial charge in [0, 0.05) is 43.2 Å². The number of carbonyl (C=O) groups is 1. The van der Waals surface area contributed by atoms with Crippen LogP contribution in [-0.2, 0) is 11.3 Å². The number of amides is 1. The second-order valence-corrected chi connectivity index (χ2v) is 8.79. The Kier molecular flexibility index (Phi) is 7.94. The summed E-state index contributed by atoms with van der Waals surface area (Å²) in [5.74, 6) is 0.186. The van der Waals surface area contributed by atoms with Crippen molar-refractivity contribution in [2.24, 2.45) is 5.92 Å². The zero-order chi connectivity index (χ0) is 22.2. The highest BCUT2D eigenvalue weighted by molar-refractivity contribution is 6.31. The van der Waals surface area contributed by atoms with Crippen LogP contribution in [0.5, 0.6) is 0 Å². The Morgan fingerprint density at radius 1 is 0.906 bits per heavy atom. The first-order valence-electron chi connectivity index (χ1n) is 11.3. The van der Waals surface area contributed by atoms with E-state index < -0.39 is 0 Å². The highest BCUT2D eigenvalue weighted by Gasteiger charge is 2.27. The Labute approximate surface area is 195 Å². The first kappa shape index (κ1) is 22.5. The zero-order valence-corrected chi connectivity index (χ0v) is 18.9. The maximum Gasteiger partial charge on any atom is 0.224 e. The number of nitrogens with one attached hydrogen (secondary N) is 3. The normalized spacial score (nSPS) is 18.4. The lowest BCUT2D eigenvalue weighted by Crippen LogP contribution is -2.51. The number of carbonyl (C=O) groups excluding carboxylic acids is 1. The quantitative estimate of drug-likeness (QED) is 0.481. The summed E-state index contributed by atoms with van der Waals surface area (Å²) >= 11 is 6.27. The molecular formula is C27H30ClN3O. The van der Waals surface area contributed by atoms with Crippen LogP contribution in [-0.4, -0.2) is 31.6 Å². The Morgan fingerprint density at radius 2 is 1.53 bits per heavy atom. The molecule has 5 heteroatoms. The van der Waals surface area contributed by atoms with Crippen molar-refractivity contribution in [3.8, 4) is 0 Å². The molecule has 4 nitrogen and oxygen atoms in total. The van der Waals surface area contributed by atoms with Gasteiger partial charge in [-0.3, -0.25) is 4.79 Å². The molecule has 0 aromatic heterocycles. The monoisotopic (exact) mass is 447 g/mol. The van der Waals surface area contributed by atoms with Crippen LogP contribution >= 0.6 is 11.6 Å². The van der Waals surface area contributed by atoms with Crippen LogP contribution < -0.4 is 16.0 Å². The summed E-state index contributed by atoms with van der Waals surface area (Å²) in [5, 5.41) is 11.0. The van der Waals surface area contributed by atoms with Gasteiger partial charge >= 0.3 is 0 Å². The second-order valence-electron chi connectivity index (χ2n) is 8.38. The van der Waals surface area contributed by atoms with Crippen LogP contribution in [0.2, 0.25) is 5.02 Å². The summed E-state index contributed by atoms with van der Waals surface area (Å²) in [7, 11) is 0. The van der Waals surface area contributed by atoms with Crippen LogP contribution in [0.25, 0.3) is 0 Å². The molecule has 3 N–H and O–H groups in total. The third-order valence-corrected chi connectivity index (χ3v) is 6.51. The predicted molar refractivity (Wildman–Crippen MR) is 131 cm³/mol. The average Bonchev–Trinajstić information content (AvgIpc) is 2.85. The van der Waals surface area contributed by atoms with Crippen LogP contribution in [0.15, 0.2) is 84.9 Å². The van der Waals surface area contributed by atoms with Gasteiger partial charge in [0.15, 0.2) is 0 Å². The molecule has 0 bridgehead atoms. The fourth-order valence-electron chi connectivity index (χ4n) is 4.34. The Bertz CT molecular complexity index is 957. The van der Waals surface area contributed by atoms with E-state index in [1.165, 1.54) is 11.1 Å². The van der Waals surface area contributed by atoms with Crippen molar-refractivity contribution in [1.29, 1.82) is 0 Å². The molecule has 1 fully saturated rings. The molecule has 166 valence electrons. The molecule has 32 heavy (non-hydrogen) atoms. The Morgan fingerprint density at radius 3 is 2.19 bits per heavy atom. The SMILES string of the molecule is O=C(NCC(c1ccccc1)c1ccccc1)C1CNCC(NCc2ccccc2Cl)C1. The lowest BCUT2D eigenvalue weighted by atomic mass is 9.90. The smallest absolute Gasteiger partial charge is 0.224 e. The van der Waals surface area contributed by atoms with E-state index in [2.05, 4.69) is 40.2 Å². The fraction of sp³-hybridized carbons (Fsp3) is 0.296. The Balaban J connectivity index is 1.34. The Hall–Kier alpha value is -2.66. The molecular weight excluding hydrogens is 418 g/mol. The summed E-state index contributed by atoms with van der Waals surface area (Å²) in [5.41, 5.74) is 3.49. The van der Waals surface area contributed by atoms with E-state index in [1.807, 2.05) is 60.7 Å². The second kappa shape index (κ2) is 11.3. The molecule has 3 aromatic carbocycles. The number of hydrogen-bond donors (Lipinski definition) is 3. The van der Waals surface area contributed by atoms with Gasteiger partial charge in [0.1, 0.15) is 0 Å². The van der Waals surface area contributed by atoms with E-state index in [0.717, 1.165) is 23.6 Å². The summed E-state index contributed by atoms with van der Waals surface area (Å²) in [6.45, 7) is 2.84. The number of halogens is 1. The van der Waals surface area contributed by atoms with Gasteiger partial charge < -0.3 is 16.0 Å². The first-order chi connectivity index (χ1) is 15.7. The van der Waals surface area contributed by atoms with E-state index in [0.29, 0.717) is 19.6 Å². The molecule has 1 aliphatic heterocycles. The minimum Gasteiger partial charge on any atom is -0.355 e. The maximum absolute atomic E-state index is 13.0. The molecule has 1 aliphatic rings. The minimum absolute atomic E-state index is 0.0558. The topological polar surface area (TPSA) is 53.2 Å². The molecule has 0 aliphatic carbocycles. The molecule has 3 aromatic rings. The van der Waals surface area contributed by atoms with Gasteiger partial charge in [-0.1, -0.05) is 90.5 Å². The molecule has 1 heterocycles. The third kappa shape index (κ3) is 5.98. The van der Waals surface area contributed by atoms with Gasteiger partial charge in [0.2, 0.25) is 5.91 Å². The zero-order valence-electron chi connectivity index (χ0n) is 18.1. The summed E-state index contributed by atoms with van der Waals surface area (Å²) in [4.78, 5) is 13.0. The lowest BCUT2D eigenvalue weighted by Gasteiger charge is -2.30. The molecule has 0 radical (unpaired) electrons. The highest BCUT2D eigenvalue weighted by atomic mass is 35.5. The largest absolute Gasteiger partial charge is 0.355 e. The first-order valence-corrected chi connectivity index (χ1v) is 11.6. The van der Waals surface area contributed by atoms with E-state index in [9.17, 15) is 4.79 Å². The number of piperidine rings is 1. The van der Waals surface area contributed by atoms with Crippen molar-refractivity contribution < 1.29 is 4.79 Å². The maximum atomic E-state index is 13.0. The van der Waals surface area contributed by atoms with Gasteiger partial charge in [0.25, 0.3) is 0 Å². The highest BCUT2D eigenvalue weighted by Crippen LogP contribution is 2.24. The van der Waals surface area contributed by atoms with Crippen LogP contribution in [0.3, 0.4) is 0 Å². The molecule has 0 saturated carbocycles. The van der Waals surface area contributed by atoms with E-state index in [4.69, 9.17) is 11.6 Å². The van der Waals surface area contributed by atoms with Crippen molar-refractivity contribution in [1.82, 2.24) is 16.0 Å². The third-order valence-electron chi connectivity index (χ3n) is 6.14. The number of hydrogen-bond acceptors (Lipinski definition) is 3. The number of benzene rings is 3. The van der Waals surface area contributed by atoms with E-state index >= 15 is 0 Å². The molecule has 1 amide bonds. The van der Waals surface area contributed by atoms with E-state index in [-0.39, 0.29) is 23.8 Å². The van der Waals surface area contributed by atoms with Crippen molar-refractivity contribution in [2.75, 3.05) is 19.6 Å². The van der Waals surface area contributed by atoms with Crippen molar-refractivity contribution in [2.45, 2.75) is 24.9 Å².